The Hall–Kier alpha value is -1.48. The molecule has 7 heavy (non-hydrogen) atoms. The summed E-state index contributed by atoms with van der Waals surface area (Å²) >= 11 is 0. The topological polar surface area (TPSA) is 40.2 Å². The minimum absolute atomic E-state index is 1.17. The third kappa shape index (κ3) is 4.52. The molecule has 0 unspecified atom stereocenters. The van der Waals surface area contributed by atoms with Gasteiger partial charge in [-0.3, -0.25) is 0 Å². The van der Waals surface area contributed by atoms with Crippen molar-refractivity contribution in [3.05, 3.63) is 23.8 Å². The predicted molar refractivity (Wildman–Crippen MR) is 24.5 cm³/mol. The lowest BCUT2D eigenvalue weighted by Gasteiger charge is -1.70. The summed E-state index contributed by atoms with van der Waals surface area (Å²) in [5.41, 5.74) is 0. The van der Waals surface area contributed by atoms with Gasteiger partial charge < -0.3 is 5.32 Å². The molecule has 34 valence electrons. The molecule has 0 bridgehead atoms. The molecule has 0 saturated carbocycles. The molecular weight excluding hydrogens is 90.1 g/mol. The van der Waals surface area contributed by atoms with E-state index in [1.807, 2.05) is 0 Å². The summed E-state index contributed by atoms with van der Waals surface area (Å²) in [6.07, 6.45) is 4.06. The molecule has 1 N–H and O–H groups in total. The highest BCUT2D eigenvalue weighted by Gasteiger charge is 1.58. The molecule has 0 aliphatic carbocycles. The summed E-state index contributed by atoms with van der Waals surface area (Å²) in [5, 5.41) is 9.94. The zero-order valence-electron chi connectivity index (χ0n) is 3.55. The molecule has 0 amide bonds. The first-order valence-electron chi connectivity index (χ1n) is 1.58. The lowest BCUT2D eigenvalue weighted by Crippen LogP contribution is -1.88. The van der Waals surface area contributed by atoms with Crippen molar-refractivity contribution >= 4 is 0 Å². The van der Waals surface area contributed by atoms with Crippen LogP contribution in [0.2, 0.25) is 0 Å². The maximum atomic E-state index is 7.78. The molecule has 3 heteroatoms. The summed E-state index contributed by atoms with van der Waals surface area (Å²) < 4.78 is 0. The van der Waals surface area contributed by atoms with Crippen LogP contribution in [0.5, 0.6) is 0 Å². The van der Waals surface area contributed by atoms with Crippen molar-refractivity contribution in [2.24, 2.45) is 0 Å². The van der Waals surface area contributed by atoms with E-state index in [4.69, 9.17) is 11.8 Å². The number of rotatable bonds is 1. The van der Waals surface area contributed by atoms with Gasteiger partial charge in [0.15, 0.2) is 12.4 Å². The van der Waals surface area contributed by atoms with Gasteiger partial charge in [-0.1, -0.05) is 0 Å². The highest BCUT2D eigenvalue weighted by molar-refractivity contribution is 4.91. The van der Waals surface area contributed by atoms with Crippen LogP contribution < -0.4 is 5.32 Å². The summed E-state index contributed by atoms with van der Waals surface area (Å²) in [6, 6.07) is 0. The van der Waals surface area contributed by atoms with Gasteiger partial charge in [0.1, 0.15) is 0 Å². The van der Waals surface area contributed by atoms with Crippen LogP contribution in [0.3, 0.4) is 0 Å². The van der Waals surface area contributed by atoms with Crippen LogP contribution in [0, 0.1) is 18.0 Å². The Balaban J connectivity index is 3.19. The minimum atomic E-state index is 1.17. The largest absolute Gasteiger partial charge is 0.311 e. The molecule has 0 fully saturated rings. The number of hydrogen-bond acceptors (Lipinski definition) is 2. The van der Waals surface area contributed by atoms with Crippen LogP contribution in [0.4, 0.5) is 0 Å². The Morgan fingerprint density at radius 1 is 1.86 bits per heavy atom. The zero-order valence-corrected chi connectivity index (χ0v) is 3.55. The van der Waals surface area contributed by atoms with Crippen molar-refractivity contribution in [3.63, 3.8) is 0 Å². The smallest absolute Gasteiger partial charge is 0.179 e. The molecule has 0 aliphatic rings. The van der Waals surface area contributed by atoms with Crippen molar-refractivity contribution < 1.29 is 0 Å². The first-order chi connectivity index (χ1) is 3.41. The van der Waals surface area contributed by atoms with Crippen LogP contribution in [0.25, 0.3) is 4.85 Å². The van der Waals surface area contributed by atoms with Crippen LogP contribution >= 0.6 is 0 Å². The van der Waals surface area contributed by atoms with Crippen molar-refractivity contribution in [2.75, 3.05) is 0 Å². The monoisotopic (exact) mass is 93.0 g/mol. The van der Waals surface area contributed by atoms with E-state index in [-0.39, 0.29) is 0 Å². The van der Waals surface area contributed by atoms with Gasteiger partial charge in [0.05, 0.1) is 6.57 Å². The van der Waals surface area contributed by atoms with Crippen molar-refractivity contribution in [1.29, 1.82) is 5.26 Å². The first kappa shape index (κ1) is 5.52. The Morgan fingerprint density at radius 2 is 2.57 bits per heavy atom. The number of nitriles is 1. The SMILES string of the molecule is [C-]#[N+]/C=C/NC#N. The summed E-state index contributed by atoms with van der Waals surface area (Å²) in [6.45, 7) is 6.17. The van der Waals surface area contributed by atoms with Gasteiger partial charge in [0.25, 0.3) is 0 Å². The zero-order chi connectivity index (χ0) is 5.54. The molecule has 0 aliphatic heterocycles. The summed E-state index contributed by atoms with van der Waals surface area (Å²) in [7, 11) is 0. The summed E-state index contributed by atoms with van der Waals surface area (Å²) in [5.74, 6) is 0. The second-order valence-electron chi connectivity index (χ2n) is 0.701. The Bertz CT molecular complexity index is 134. The molecule has 0 saturated heterocycles. The van der Waals surface area contributed by atoms with E-state index < -0.39 is 0 Å². The molecule has 0 aromatic heterocycles. The lowest BCUT2D eigenvalue weighted by molar-refractivity contribution is 1.20. The first-order valence-corrected chi connectivity index (χ1v) is 1.58. The van der Waals surface area contributed by atoms with Gasteiger partial charge in [0, 0.05) is 6.20 Å². The third-order valence-corrected chi connectivity index (χ3v) is 0.297. The third-order valence-electron chi connectivity index (χ3n) is 0.297. The lowest BCUT2D eigenvalue weighted by atomic mass is 10.9. The van der Waals surface area contributed by atoms with Crippen LogP contribution in [0.15, 0.2) is 12.4 Å². The summed E-state index contributed by atoms with van der Waals surface area (Å²) in [4.78, 5) is 2.83. The maximum absolute atomic E-state index is 7.78. The molecular formula is C4H3N3. The maximum Gasteiger partial charge on any atom is 0.179 e. The van der Waals surface area contributed by atoms with E-state index in [2.05, 4.69) is 10.2 Å². The van der Waals surface area contributed by atoms with E-state index in [1.54, 1.807) is 6.19 Å². The number of nitrogens with zero attached hydrogens (tertiary/aromatic N) is 2. The number of hydrogen-bond donors (Lipinski definition) is 1. The van der Waals surface area contributed by atoms with Crippen LogP contribution in [0.1, 0.15) is 0 Å². The molecule has 0 aromatic carbocycles. The molecule has 0 atom stereocenters. The predicted octanol–water partition coefficient (Wildman–Crippen LogP) is 0.448. The van der Waals surface area contributed by atoms with Crippen molar-refractivity contribution in [2.45, 2.75) is 0 Å². The highest BCUT2D eigenvalue weighted by Crippen LogP contribution is 1.63. The average molecular weight is 93.1 g/mol. The van der Waals surface area contributed by atoms with Gasteiger partial charge in [-0.05, 0) is 0 Å². The fourth-order valence-electron chi connectivity index (χ4n) is 0.112. The van der Waals surface area contributed by atoms with Crippen LogP contribution in [-0.2, 0) is 0 Å². The molecule has 0 spiro atoms. The molecule has 0 rings (SSSR count). The van der Waals surface area contributed by atoms with E-state index in [0.29, 0.717) is 0 Å². The van der Waals surface area contributed by atoms with Gasteiger partial charge >= 0.3 is 0 Å². The van der Waals surface area contributed by atoms with Gasteiger partial charge in [-0.15, -0.1) is 0 Å². The average Bonchev–Trinajstić information content (AvgIpc) is 1.69. The fourth-order valence-corrected chi connectivity index (χ4v) is 0.112. The molecule has 0 heterocycles. The van der Waals surface area contributed by atoms with E-state index >= 15 is 0 Å². The van der Waals surface area contributed by atoms with Gasteiger partial charge in [-0.25, -0.2) is 4.85 Å². The standard InChI is InChI=1S/C4H3N3/c1-6-2-3-7-4-5/h2-3,7H/b3-2+. The minimum Gasteiger partial charge on any atom is -0.311 e. The second-order valence-corrected chi connectivity index (χ2v) is 0.701. The van der Waals surface area contributed by atoms with Gasteiger partial charge in [-0.2, -0.15) is 5.26 Å². The van der Waals surface area contributed by atoms with Crippen molar-refractivity contribution in [1.82, 2.24) is 5.32 Å². The quantitative estimate of drug-likeness (QED) is 0.290. The van der Waals surface area contributed by atoms with E-state index in [9.17, 15) is 0 Å². The molecule has 3 nitrogen and oxygen atoms in total. The highest BCUT2D eigenvalue weighted by atomic mass is 14.8. The fraction of sp³-hybridized carbons (Fsp3) is 0. The van der Waals surface area contributed by atoms with Crippen LogP contribution in [-0.4, -0.2) is 0 Å². The Morgan fingerprint density at radius 3 is 3.00 bits per heavy atom. The molecule has 0 aromatic rings. The molecule has 0 radical (unpaired) electrons. The number of nitrogens with one attached hydrogen (secondary N) is 1. The Kier molecular flexibility index (Phi) is 3.56. The van der Waals surface area contributed by atoms with Crippen molar-refractivity contribution in [3.8, 4) is 6.19 Å². The van der Waals surface area contributed by atoms with E-state index in [1.165, 1.54) is 12.4 Å². The Labute approximate surface area is 41.7 Å². The second kappa shape index (κ2) is 4.52. The normalized spacial score (nSPS) is 7.14. The van der Waals surface area contributed by atoms with E-state index in [0.717, 1.165) is 0 Å². The van der Waals surface area contributed by atoms with Gasteiger partial charge in [0.2, 0.25) is 0 Å².